The number of carbonyl (C=O) groups is 1. The van der Waals surface area contributed by atoms with Crippen LogP contribution in [0.3, 0.4) is 0 Å². The second-order valence-corrected chi connectivity index (χ2v) is 7.77. The molecule has 0 aliphatic heterocycles. The predicted molar refractivity (Wildman–Crippen MR) is 121 cm³/mol. The van der Waals surface area contributed by atoms with E-state index in [1.54, 1.807) is 0 Å². The SMILES string of the molecule is Cc1ccccc1OCC(=O)Nc1ccccc1SCc1nnc(-c2ccccc2)o1. The number of anilines is 1. The number of amides is 1. The van der Waals surface area contributed by atoms with E-state index in [0.717, 1.165) is 16.0 Å². The van der Waals surface area contributed by atoms with Crippen molar-refractivity contribution in [3.05, 3.63) is 90.3 Å². The fraction of sp³-hybridized carbons (Fsp3) is 0.125. The van der Waals surface area contributed by atoms with Crippen LogP contribution in [0, 0.1) is 6.92 Å². The van der Waals surface area contributed by atoms with Gasteiger partial charge < -0.3 is 14.5 Å². The normalized spacial score (nSPS) is 10.6. The smallest absolute Gasteiger partial charge is 0.262 e. The van der Waals surface area contributed by atoms with E-state index < -0.39 is 0 Å². The van der Waals surface area contributed by atoms with Crippen molar-refractivity contribution in [2.45, 2.75) is 17.6 Å². The predicted octanol–water partition coefficient (Wildman–Crippen LogP) is 5.35. The lowest BCUT2D eigenvalue weighted by molar-refractivity contribution is -0.118. The number of nitrogens with zero attached hydrogens (tertiary/aromatic N) is 2. The molecule has 1 heterocycles. The first-order valence-corrected chi connectivity index (χ1v) is 10.8. The summed E-state index contributed by atoms with van der Waals surface area (Å²) >= 11 is 1.52. The molecule has 0 saturated carbocycles. The Hall–Kier alpha value is -3.58. The minimum Gasteiger partial charge on any atom is -0.483 e. The van der Waals surface area contributed by atoms with Crippen LogP contribution in [-0.2, 0) is 10.5 Å². The Bertz CT molecular complexity index is 1160. The zero-order valence-electron chi connectivity index (χ0n) is 16.9. The molecule has 0 atom stereocenters. The molecule has 4 rings (SSSR count). The summed E-state index contributed by atoms with van der Waals surface area (Å²) in [6.45, 7) is 1.88. The van der Waals surface area contributed by atoms with E-state index in [0.29, 0.717) is 29.0 Å². The number of nitrogens with one attached hydrogen (secondary N) is 1. The third-order valence-electron chi connectivity index (χ3n) is 4.45. The number of aryl methyl sites for hydroxylation is 1. The van der Waals surface area contributed by atoms with Gasteiger partial charge in [0.05, 0.1) is 11.4 Å². The molecule has 1 amide bonds. The van der Waals surface area contributed by atoms with Crippen LogP contribution in [0.4, 0.5) is 5.69 Å². The van der Waals surface area contributed by atoms with Crippen molar-refractivity contribution in [3.63, 3.8) is 0 Å². The van der Waals surface area contributed by atoms with E-state index >= 15 is 0 Å². The maximum Gasteiger partial charge on any atom is 0.262 e. The molecule has 4 aromatic rings. The van der Waals surface area contributed by atoms with E-state index in [1.165, 1.54) is 11.8 Å². The number of ether oxygens (including phenoxy) is 1. The summed E-state index contributed by atoms with van der Waals surface area (Å²) in [6.07, 6.45) is 0. The Morgan fingerprint density at radius 3 is 2.55 bits per heavy atom. The van der Waals surface area contributed by atoms with Gasteiger partial charge in [-0.3, -0.25) is 4.79 Å². The molecular formula is C24H21N3O3S. The van der Waals surface area contributed by atoms with Crippen LogP contribution in [0.1, 0.15) is 11.5 Å². The molecule has 0 spiro atoms. The lowest BCUT2D eigenvalue weighted by atomic mass is 10.2. The summed E-state index contributed by atoms with van der Waals surface area (Å²) in [4.78, 5) is 13.3. The van der Waals surface area contributed by atoms with Gasteiger partial charge in [-0.15, -0.1) is 22.0 Å². The summed E-state index contributed by atoms with van der Waals surface area (Å²) < 4.78 is 11.4. The zero-order valence-corrected chi connectivity index (χ0v) is 17.8. The van der Waals surface area contributed by atoms with Crippen LogP contribution in [0.25, 0.3) is 11.5 Å². The molecule has 31 heavy (non-hydrogen) atoms. The highest BCUT2D eigenvalue weighted by Gasteiger charge is 2.12. The van der Waals surface area contributed by atoms with Crippen molar-refractivity contribution in [1.29, 1.82) is 0 Å². The second kappa shape index (κ2) is 9.95. The number of para-hydroxylation sites is 2. The number of hydrogen-bond donors (Lipinski definition) is 1. The highest BCUT2D eigenvalue weighted by molar-refractivity contribution is 7.98. The Morgan fingerprint density at radius 2 is 1.71 bits per heavy atom. The standard InChI is InChI=1S/C24H21N3O3S/c1-17-9-5-7-13-20(17)29-15-22(28)25-19-12-6-8-14-21(19)31-16-23-26-27-24(30-23)18-10-3-2-4-11-18/h2-14H,15-16H2,1H3,(H,25,28). The third kappa shape index (κ3) is 5.52. The van der Waals surface area contributed by atoms with Gasteiger partial charge in [0.2, 0.25) is 11.8 Å². The average Bonchev–Trinajstić information content (AvgIpc) is 3.28. The number of rotatable bonds is 8. The van der Waals surface area contributed by atoms with Crippen molar-refractivity contribution in [3.8, 4) is 17.2 Å². The largest absolute Gasteiger partial charge is 0.483 e. The molecule has 6 nitrogen and oxygen atoms in total. The lowest BCUT2D eigenvalue weighted by Crippen LogP contribution is -2.20. The molecule has 156 valence electrons. The highest BCUT2D eigenvalue weighted by atomic mass is 32.2. The van der Waals surface area contributed by atoms with Crippen molar-refractivity contribution >= 4 is 23.4 Å². The van der Waals surface area contributed by atoms with Gasteiger partial charge in [-0.25, -0.2) is 0 Å². The van der Waals surface area contributed by atoms with Crippen molar-refractivity contribution in [1.82, 2.24) is 10.2 Å². The van der Waals surface area contributed by atoms with Crippen molar-refractivity contribution in [2.24, 2.45) is 0 Å². The van der Waals surface area contributed by atoms with Gasteiger partial charge in [-0.2, -0.15) is 0 Å². The molecule has 1 N–H and O–H groups in total. The topological polar surface area (TPSA) is 77.2 Å². The van der Waals surface area contributed by atoms with Crippen LogP contribution in [0.2, 0.25) is 0 Å². The van der Waals surface area contributed by atoms with Gasteiger partial charge in [0.15, 0.2) is 6.61 Å². The van der Waals surface area contributed by atoms with Gasteiger partial charge in [-0.05, 0) is 42.8 Å². The third-order valence-corrected chi connectivity index (χ3v) is 5.51. The van der Waals surface area contributed by atoms with Crippen molar-refractivity contribution in [2.75, 3.05) is 11.9 Å². The maximum atomic E-state index is 12.4. The van der Waals surface area contributed by atoms with Gasteiger partial charge >= 0.3 is 0 Å². The van der Waals surface area contributed by atoms with Crippen molar-refractivity contribution < 1.29 is 13.9 Å². The second-order valence-electron chi connectivity index (χ2n) is 6.75. The van der Waals surface area contributed by atoms with E-state index in [4.69, 9.17) is 9.15 Å². The van der Waals surface area contributed by atoms with Gasteiger partial charge in [0.25, 0.3) is 5.91 Å². The van der Waals surface area contributed by atoms with Gasteiger partial charge in [0.1, 0.15) is 5.75 Å². The summed E-state index contributed by atoms with van der Waals surface area (Å²) in [5, 5.41) is 11.2. The molecule has 7 heteroatoms. The fourth-order valence-electron chi connectivity index (χ4n) is 2.89. The van der Waals surface area contributed by atoms with Crippen LogP contribution in [0.5, 0.6) is 5.75 Å². The minimum absolute atomic E-state index is 0.0616. The maximum absolute atomic E-state index is 12.4. The number of thioether (sulfide) groups is 1. The first kappa shape index (κ1) is 20.7. The minimum atomic E-state index is -0.222. The molecule has 0 fully saturated rings. The van der Waals surface area contributed by atoms with Crippen LogP contribution in [-0.4, -0.2) is 22.7 Å². The Kier molecular flexibility index (Phi) is 6.64. The first-order valence-electron chi connectivity index (χ1n) is 9.77. The molecule has 1 aromatic heterocycles. The molecule has 0 saturated heterocycles. The molecule has 0 bridgehead atoms. The highest BCUT2D eigenvalue weighted by Crippen LogP contribution is 2.30. The molecule has 0 unspecified atom stereocenters. The van der Waals surface area contributed by atoms with Crippen LogP contribution < -0.4 is 10.1 Å². The van der Waals surface area contributed by atoms with E-state index in [9.17, 15) is 4.79 Å². The summed E-state index contributed by atoms with van der Waals surface area (Å²) in [6, 6.07) is 24.8. The molecule has 0 aliphatic rings. The number of aromatic nitrogens is 2. The Labute approximate surface area is 184 Å². The van der Waals surface area contributed by atoms with Gasteiger partial charge in [0, 0.05) is 10.5 Å². The molecule has 0 aliphatic carbocycles. The molecule has 0 radical (unpaired) electrons. The lowest BCUT2D eigenvalue weighted by Gasteiger charge is -2.12. The fourth-order valence-corrected chi connectivity index (χ4v) is 3.74. The average molecular weight is 432 g/mol. The van der Waals surface area contributed by atoms with Crippen LogP contribution >= 0.6 is 11.8 Å². The van der Waals surface area contributed by atoms with E-state index in [1.807, 2.05) is 85.8 Å². The summed E-state index contributed by atoms with van der Waals surface area (Å²) in [7, 11) is 0. The van der Waals surface area contributed by atoms with Gasteiger partial charge in [-0.1, -0.05) is 48.5 Å². The summed E-state index contributed by atoms with van der Waals surface area (Å²) in [5.41, 5.74) is 2.59. The number of hydrogen-bond acceptors (Lipinski definition) is 6. The zero-order chi connectivity index (χ0) is 21.5. The van der Waals surface area contributed by atoms with E-state index in [-0.39, 0.29) is 12.5 Å². The van der Waals surface area contributed by atoms with E-state index in [2.05, 4.69) is 15.5 Å². The Morgan fingerprint density at radius 1 is 0.968 bits per heavy atom. The quantitative estimate of drug-likeness (QED) is 0.379. The summed E-state index contributed by atoms with van der Waals surface area (Å²) in [5.74, 6) is 1.98. The van der Waals surface area contributed by atoms with Crippen LogP contribution in [0.15, 0.2) is 88.2 Å². The molecular weight excluding hydrogens is 410 g/mol. The first-order chi connectivity index (χ1) is 15.2. The Balaban J connectivity index is 1.36. The number of carbonyl (C=O) groups excluding carboxylic acids is 1. The monoisotopic (exact) mass is 431 g/mol. The number of benzene rings is 3. The molecule has 3 aromatic carbocycles.